The number of halogens is 1. The summed E-state index contributed by atoms with van der Waals surface area (Å²) in [6.07, 6.45) is 0. The van der Waals surface area contributed by atoms with Crippen molar-refractivity contribution in [2.75, 3.05) is 19.0 Å². The largest absolute Gasteiger partial charge is 0.345 e. The molecule has 1 aliphatic heterocycles. The minimum atomic E-state index is -0.405. The molecule has 6 heteroatoms. The number of urea groups is 1. The van der Waals surface area contributed by atoms with E-state index in [9.17, 15) is 9.18 Å². The number of rotatable bonds is 0. The molecule has 1 aromatic rings. The first-order valence-electron chi connectivity index (χ1n) is 4.32. The van der Waals surface area contributed by atoms with Crippen LogP contribution in [0.4, 0.5) is 20.6 Å². The molecule has 0 spiro atoms. The molecule has 2 amide bonds. The second-order valence-corrected chi connectivity index (χ2v) is 3.19. The first kappa shape index (κ1) is 9.57. The Labute approximate surface area is 85.8 Å². The lowest BCUT2D eigenvalue weighted by Crippen LogP contribution is -2.34. The van der Waals surface area contributed by atoms with E-state index in [2.05, 4.69) is 10.3 Å². The number of hydrogen-bond donors (Lipinski definition) is 0. The number of nitrogens with zero attached hydrogens (tertiary/aromatic N) is 4. The molecule has 0 atom stereocenters. The van der Waals surface area contributed by atoms with Gasteiger partial charge in [0.1, 0.15) is 11.5 Å². The van der Waals surface area contributed by atoms with Crippen LogP contribution in [0.5, 0.6) is 0 Å². The lowest BCUT2D eigenvalue weighted by Gasteiger charge is -2.18. The molecule has 1 aliphatic rings. The van der Waals surface area contributed by atoms with Crippen LogP contribution in [0.2, 0.25) is 0 Å². The third-order valence-corrected chi connectivity index (χ3v) is 2.15. The Kier molecular flexibility index (Phi) is 2.11. The molecule has 15 heavy (non-hydrogen) atoms. The van der Waals surface area contributed by atoms with Crippen molar-refractivity contribution in [2.45, 2.75) is 0 Å². The van der Waals surface area contributed by atoms with Crippen molar-refractivity contribution >= 4 is 17.4 Å². The summed E-state index contributed by atoms with van der Waals surface area (Å²) in [5.41, 5.74) is 0.879. The molecule has 0 saturated carbocycles. The van der Waals surface area contributed by atoms with Gasteiger partial charge < -0.3 is 0 Å². The summed E-state index contributed by atoms with van der Waals surface area (Å²) in [6.45, 7) is 0. The molecule has 1 heterocycles. The van der Waals surface area contributed by atoms with Crippen molar-refractivity contribution in [2.24, 2.45) is 10.3 Å². The number of benzene rings is 1. The molecule has 0 N–H and O–H groups in total. The standard InChI is InChI=1S/C9H9FN4O/c1-13-8-4-3-6(10)5-7(8)11-12-14(2)9(13)15/h3-5H,1-2H3. The maximum Gasteiger partial charge on any atom is 0.345 e. The topological polar surface area (TPSA) is 48.3 Å². The summed E-state index contributed by atoms with van der Waals surface area (Å²) in [7, 11) is 3.08. The maximum absolute atomic E-state index is 12.9. The summed E-state index contributed by atoms with van der Waals surface area (Å²) in [6, 6.07) is 3.70. The average molecular weight is 208 g/mol. The molecule has 5 nitrogen and oxygen atoms in total. The van der Waals surface area contributed by atoms with E-state index in [1.807, 2.05) is 0 Å². The van der Waals surface area contributed by atoms with Crippen molar-refractivity contribution in [3.63, 3.8) is 0 Å². The highest BCUT2D eigenvalue weighted by molar-refractivity contribution is 5.94. The zero-order valence-electron chi connectivity index (χ0n) is 8.31. The normalized spacial score (nSPS) is 15.3. The third-order valence-electron chi connectivity index (χ3n) is 2.15. The fourth-order valence-electron chi connectivity index (χ4n) is 1.33. The predicted octanol–water partition coefficient (Wildman–Crippen LogP) is 2.33. The zero-order valence-corrected chi connectivity index (χ0v) is 8.31. The van der Waals surface area contributed by atoms with E-state index in [1.54, 1.807) is 7.05 Å². The summed E-state index contributed by atoms with van der Waals surface area (Å²) in [5.74, 6) is -0.405. The van der Waals surface area contributed by atoms with Gasteiger partial charge in [-0.15, -0.1) is 5.11 Å². The molecular formula is C9H9FN4O. The Bertz CT molecular complexity index is 446. The van der Waals surface area contributed by atoms with Crippen LogP contribution in [-0.4, -0.2) is 25.1 Å². The number of hydrogen-bond acceptors (Lipinski definition) is 3. The Balaban J connectivity index is 2.56. The Morgan fingerprint density at radius 3 is 2.80 bits per heavy atom. The number of anilines is 1. The Hall–Kier alpha value is -1.98. The number of amides is 2. The van der Waals surface area contributed by atoms with Crippen LogP contribution in [0.3, 0.4) is 0 Å². The molecule has 0 unspecified atom stereocenters. The van der Waals surface area contributed by atoms with Gasteiger partial charge in [0.2, 0.25) is 0 Å². The highest BCUT2D eigenvalue weighted by atomic mass is 19.1. The average Bonchev–Trinajstić information content (AvgIpc) is 2.32. The molecule has 2 rings (SSSR count). The fraction of sp³-hybridized carbons (Fsp3) is 0.222. The number of carbonyl (C=O) groups is 1. The van der Waals surface area contributed by atoms with Gasteiger partial charge in [-0.2, -0.15) is 5.01 Å². The van der Waals surface area contributed by atoms with Crippen LogP contribution in [0, 0.1) is 5.82 Å². The summed E-state index contributed by atoms with van der Waals surface area (Å²) in [4.78, 5) is 13.0. The molecule has 0 saturated heterocycles. The van der Waals surface area contributed by atoms with E-state index in [-0.39, 0.29) is 6.03 Å². The monoisotopic (exact) mass is 208 g/mol. The van der Waals surface area contributed by atoms with Crippen LogP contribution in [-0.2, 0) is 0 Å². The Morgan fingerprint density at radius 1 is 1.33 bits per heavy atom. The van der Waals surface area contributed by atoms with Crippen LogP contribution in [0.1, 0.15) is 0 Å². The van der Waals surface area contributed by atoms with E-state index in [0.717, 1.165) is 5.01 Å². The van der Waals surface area contributed by atoms with Gasteiger partial charge in [-0.25, -0.2) is 9.18 Å². The van der Waals surface area contributed by atoms with Crippen LogP contribution in [0.25, 0.3) is 0 Å². The van der Waals surface area contributed by atoms with Crippen LogP contribution >= 0.6 is 0 Å². The highest BCUT2D eigenvalue weighted by Crippen LogP contribution is 2.31. The van der Waals surface area contributed by atoms with Gasteiger partial charge in [-0.05, 0) is 12.1 Å². The second kappa shape index (κ2) is 3.30. The highest BCUT2D eigenvalue weighted by Gasteiger charge is 2.21. The first-order valence-corrected chi connectivity index (χ1v) is 4.32. The molecule has 0 aliphatic carbocycles. The van der Waals surface area contributed by atoms with Crippen molar-refractivity contribution in [1.29, 1.82) is 0 Å². The van der Waals surface area contributed by atoms with Crippen LogP contribution in [0.15, 0.2) is 28.5 Å². The molecule has 0 bridgehead atoms. The van der Waals surface area contributed by atoms with Crippen molar-refractivity contribution in [3.05, 3.63) is 24.0 Å². The first-order chi connectivity index (χ1) is 7.09. The fourth-order valence-corrected chi connectivity index (χ4v) is 1.33. The van der Waals surface area contributed by atoms with Gasteiger partial charge in [-0.3, -0.25) is 4.90 Å². The molecule has 0 radical (unpaired) electrons. The van der Waals surface area contributed by atoms with E-state index >= 15 is 0 Å². The van der Waals surface area contributed by atoms with E-state index in [0.29, 0.717) is 11.4 Å². The quantitative estimate of drug-likeness (QED) is 0.645. The van der Waals surface area contributed by atoms with E-state index < -0.39 is 5.82 Å². The lowest BCUT2D eigenvalue weighted by molar-refractivity contribution is 0.216. The zero-order chi connectivity index (χ0) is 11.0. The van der Waals surface area contributed by atoms with Gasteiger partial charge in [-0.1, -0.05) is 5.22 Å². The van der Waals surface area contributed by atoms with Gasteiger partial charge in [0.05, 0.1) is 5.69 Å². The lowest BCUT2D eigenvalue weighted by atomic mass is 10.2. The summed E-state index contributed by atoms with van der Waals surface area (Å²) >= 11 is 0. The SMILES string of the molecule is CN1N=Nc2cc(F)ccc2N(C)C1=O. The molecule has 78 valence electrons. The number of carbonyl (C=O) groups excluding carboxylic acids is 1. The summed E-state index contributed by atoms with van der Waals surface area (Å²) in [5, 5.41) is 8.51. The van der Waals surface area contributed by atoms with Crippen molar-refractivity contribution in [1.82, 2.24) is 5.01 Å². The van der Waals surface area contributed by atoms with Crippen molar-refractivity contribution in [3.8, 4) is 0 Å². The van der Waals surface area contributed by atoms with Crippen LogP contribution < -0.4 is 4.90 Å². The maximum atomic E-state index is 12.9. The smallest absolute Gasteiger partial charge is 0.294 e. The second-order valence-electron chi connectivity index (χ2n) is 3.19. The van der Waals surface area contributed by atoms with E-state index in [1.165, 1.54) is 30.1 Å². The summed E-state index contributed by atoms with van der Waals surface area (Å²) < 4.78 is 12.9. The molecule has 1 aromatic carbocycles. The number of fused-ring (bicyclic) bond motifs is 1. The van der Waals surface area contributed by atoms with Gasteiger partial charge >= 0.3 is 6.03 Å². The van der Waals surface area contributed by atoms with Gasteiger partial charge in [0, 0.05) is 20.2 Å². The molecule has 0 aromatic heterocycles. The van der Waals surface area contributed by atoms with Gasteiger partial charge in [0.15, 0.2) is 0 Å². The third kappa shape index (κ3) is 1.54. The van der Waals surface area contributed by atoms with Crippen molar-refractivity contribution < 1.29 is 9.18 Å². The van der Waals surface area contributed by atoms with E-state index in [4.69, 9.17) is 0 Å². The Morgan fingerprint density at radius 2 is 2.07 bits per heavy atom. The minimum absolute atomic E-state index is 0.316. The minimum Gasteiger partial charge on any atom is -0.294 e. The molecule has 0 fully saturated rings. The molecular weight excluding hydrogens is 199 g/mol. The van der Waals surface area contributed by atoms with Gasteiger partial charge in [0.25, 0.3) is 0 Å². The predicted molar refractivity (Wildman–Crippen MR) is 52.5 cm³/mol.